The molecule has 0 aromatic rings. The van der Waals surface area contributed by atoms with Crippen LogP contribution in [-0.2, 0) is 0 Å². The molecule has 0 bridgehead atoms. The molecule has 0 aliphatic heterocycles. The molecular formula is C16H32N2. The highest BCUT2D eigenvalue weighted by Crippen LogP contribution is 2.28. The summed E-state index contributed by atoms with van der Waals surface area (Å²) in [5.74, 6) is 2.73. The lowest BCUT2D eigenvalue weighted by Crippen LogP contribution is -2.31. The maximum Gasteiger partial charge on any atom is -0.00204 e. The van der Waals surface area contributed by atoms with Crippen molar-refractivity contribution in [3.63, 3.8) is 0 Å². The fourth-order valence-electron chi connectivity index (χ4n) is 3.89. The molecular weight excluding hydrogens is 220 g/mol. The van der Waals surface area contributed by atoms with Gasteiger partial charge in [0.1, 0.15) is 0 Å². The highest BCUT2D eigenvalue weighted by Gasteiger charge is 2.20. The first kappa shape index (κ1) is 14.3. The molecule has 0 amide bonds. The van der Waals surface area contributed by atoms with Crippen molar-refractivity contribution in [3.8, 4) is 0 Å². The largest absolute Gasteiger partial charge is 0.330 e. The number of hydrogen-bond acceptors (Lipinski definition) is 2. The van der Waals surface area contributed by atoms with Gasteiger partial charge in [0, 0.05) is 0 Å². The topological polar surface area (TPSA) is 38.0 Å². The second-order valence-electron chi connectivity index (χ2n) is 6.63. The Morgan fingerprint density at radius 2 is 1.56 bits per heavy atom. The van der Waals surface area contributed by atoms with Crippen LogP contribution in [-0.4, -0.2) is 19.6 Å². The minimum Gasteiger partial charge on any atom is -0.330 e. The maximum atomic E-state index is 5.80. The Morgan fingerprint density at radius 3 is 2.33 bits per heavy atom. The van der Waals surface area contributed by atoms with Gasteiger partial charge in [0.05, 0.1) is 0 Å². The summed E-state index contributed by atoms with van der Waals surface area (Å²) in [7, 11) is 0. The van der Waals surface area contributed by atoms with E-state index in [2.05, 4.69) is 5.32 Å². The Morgan fingerprint density at radius 1 is 0.833 bits per heavy atom. The lowest BCUT2D eigenvalue weighted by atomic mass is 9.81. The van der Waals surface area contributed by atoms with E-state index >= 15 is 0 Å². The summed E-state index contributed by atoms with van der Waals surface area (Å²) in [6.07, 6.45) is 14.4. The van der Waals surface area contributed by atoms with E-state index < -0.39 is 0 Å². The SMILES string of the molecule is NCC1CCCC(CNCCC2CCCCC2)C1. The normalized spacial score (nSPS) is 30.5. The first-order valence-electron chi connectivity index (χ1n) is 8.29. The van der Waals surface area contributed by atoms with Crippen molar-refractivity contribution in [2.24, 2.45) is 23.5 Å². The molecule has 2 heteroatoms. The fraction of sp³-hybridized carbons (Fsp3) is 1.00. The molecule has 18 heavy (non-hydrogen) atoms. The zero-order valence-corrected chi connectivity index (χ0v) is 12.0. The summed E-state index contributed by atoms with van der Waals surface area (Å²) in [5, 5.41) is 3.71. The van der Waals surface area contributed by atoms with Gasteiger partial charge in [0.25, 0.3) is 0 Å². The molecule has 3 N–H and O–H groups in total. The first-order chi connectivity index (χ1) is 8.88. The first-order valence-corrected chi connectivity index (χ1v) is 8.29. The molecule has 0 aromatic heterocycles. The van der Waals surface area contributed by atoms with Crippen molar-refractivity contribution in [1.82, 2.24) is 5.32 Å². The predicted octanol–water partition coefficient (Wildman–Crippen LogP) is 3.31. The third-order valence-corrected chi connectivity index (χ3v) is 5.11. The van der Waals surface area contributed by atoms with Gasteiger partial charge in [0.2, 0.25) is 0 Å². The van der Waals surface area contributed by atoms with Crippen LogP contribution in [0.2, 0.25) is 0 Å². The molecule has 2 fully saturated rings. The van der Waals surface area contributed by atoms with Crippen molar-refractivity contribution in [2.45, 2.75) is 64.2 Å². The van der Waals surface area contributed by atoms with Gasteiger partial charge in [-0.15, -0.1) is 0 Å². The van der Waals surface area contributed by atoms with E-state index in [4.69, 9.17) is 5.73 Å². The molecule has 0 radical (unpaired) electrons. The van der Waals surface area contributed by atoms with Gasteiger partial charge in [-0.1, -0.05) is 38.5 Å². The van der Waals surface area contributed by atoms with Crippen LogP contribution in [0.1, 0.15) is 64.2 Å². The van der Waals surface area contributed by atoms with Crippen LogP contribution < -0.4 is 11.1 Å². The van der Waals surface area contributed by atoms with Crippen LogP contribution in [0.3, 0.4) is 0 Å². The minimum absolute atomic E-state index is 0.809. The molecule has 0 spiro atoms. The lowest BCUT2D eigenvalue weighted by molar-refractivity contribution is 0.260. The van der Waals surface area contributed by atoms with Crippen LogP contribution in [0.5, 0.6) is 0 Å². The molecule has 0 saturated heterocycles. The smallest absolute Gasteiger partial charge is 0.00204 e. The standard InChI is InChI=1S/C16H32N2/c17-12-15-7-4-8-16(11-15)13-18-10-9-14-5-2-1-3-6-14/h14-16,18H,1-13,17H2. The zero-order valence-electron chi connectivity index (χ0n) is 12.0. The lowest BCUT2D eigenvalue weighted by Gasteiger charge is -2.29. The van der Waals surface area contributed by atoms with Crippen molar-refractivity contribution in [1.29, 1.82) is 0 Å². The third kappa shape index (κ3) is 4.89. The molecule has 2 rings (SSSR count). The van der Waals surface area contributed by atoms with Crippen molar-refractivity contribution >= 4 is 0 Å². The fourth-order valence-corrected chi connectivity index (χ4v) is 3.89. The summed E-state index contributed by atoms with van der Waals surface area (Å²) in [6, 6.07) is 0. The Hall–Kier alpha value is -0.0800. The Bertz CT molecular complexity index is 211. The highest BCUT2D eigenvalue weighted by molar-refractivity contribution is 4.75. The highest BCUT2D eigenvalue weighted by atomic mass is 14.9. The molecule has 0 aromatic carbocycles. The van der Waals surface area contributed by atoms with Gasteiger partial charge in [-0.25, -0.2) is 0 Å². The molecule has 2 nitrogen and oxygen atoms in total. The van der Waals surface area contributed by atoms with Crippen LogP contribution in [0.4, 0.5) is 0 Å². The van der Waals surface area contributed by atoms with Gasteiger partial charge in [-0.05, 0) is 63.1 Å². The average molecular weight is 252 g/mol. The predicted molar refractivity (Wildman–Crippen MR) is 78.6 cm³/mol. The molecule has 2 atom stereocenters. The molecule has 2 saturated carbocycles. The van der Waals surface area contributed by atoms with Crippen molar-refractivity contribution < 1.29 is 0 Å². The van der Waals surface area contributed by atoms with E-state index in [9.17, 15) is 0 Å². The van der Waals surface area contributed by atoms with Crippen LogP contribution in [0, 0.1) is 17.8 Å². The van der Waals surface area contributed by atoms with Gasteiger partial charge in [-0.2, -0.15) is 0 Å². The van der Waals surface area contributed by atoms with E-state index in [0.29, 0.717) is 0 Å². The molecule has 2 aliphatic rings. The van der Waals surface area contributed by atoms with E-state index in [-0.39, 0.29) is 0 Å². The van der Waals surface area contributed by atoms with Gasteiger partial charge in [0.15, 0.2) is 0 Å². The quantitative estimate of drug-likeness (QED) is 0.712. The molecule has 2 unspecified atom stereocenters. The van der Waals surface area contributed by atoms with Crippen LogP contribution in [0.25, 0.3) is 0 Å². The summed E-state index contributed by atoms with van der Waals surface area (Å²) in [4.78, 5) is 0. The second-order valence-corrected chi connectivity index (χ2v) is 6.63. The molecule has 2 aliphatic carbocycles. The summed E-state index contributed by atoms with van der Waals surface area (Å²) >= 11 is 0. The number of rotatable bonds is 6. The Labute approximate surface area is 113 Å². The van der Waals surface area contributed by atoms with Gasteiger partial charge < -0.3 is 11.1 Å². The Balaban J connectivity index is 1.52. The minimum atomic E-state index is 0.809. The molecule has 106 valence electrons. The number of hydrogen-bond donors (Lipinski definition) is 2. The summed E-state index contributed by atoms with van der Waals surface area (Å²) in [6.45, 7) is 3.39. The number of nitrogens with two attached hydrogens (primary N) is 1. The molecule has 0 heterocycles. The van der Waals surface area contributed by atoms with E-state index in [1.165, 1.54) is 77.3 Å². The Kier molecular flexibility index (Phi) is 6.50. The van der Waals surface area contributed by atoms with Crippen LogP contribution >= 0.6 is 0 Å². The number of nitrogens with one attached hydrogen (secondary N) is 1. The average Bonchev–Trinajstić information content (AvgIpc) is 2.45. The van der Waals surface area contributed by atoms with Crippen LogP contribution in [0.15, 0.2) is 0 Å². The summed E-state index contributed by atoms with van der Waals surface area (Å²) < 4.78 is 0. The maximum absolute atomic E-state index is 5.80. The van der Waals surface area contributed by atoms with Crippen molar-refractivity contribution in [2.75, 3.05) is 19.6 Å². The zero-order chi connectivity index (χ0) is 12.6. The second kappa shape index (κ2) is 8.16. The van der Waals surface area contributed by atoms with E-state index in [0.717, 1.165) is 24.3 Å². The van der Waals surface area contributed by atoms with Gasteiger partial charge in [-0.3, -0.25) is 0 Å². The van der Waals surface area contributed by atoms with E-state index in [1.54, 1.807) is 0 Å². The summed E-state index contributed by atoms with van der Waals surface area (Å²) in [5.41, 5.74) is 5.80. The van der Waals surface area contributed by atoms with E-state index in [1.807, 2.05) is 0 Å². The van der Waals surface area contributed by atoms with Gasteiger partial charge >= 0.3 is 0 Å². The van der Waals surface area contributed by atoms with Crippen molar-refractivity contribution in [3.05, 3.63) is 0 Å². The third-order valence-electron chi connectivity index (χ3n) is 5.11. The monoisotopic (exact) mass is 252 g/mol.